The van der Waals surface area contributed by atoms with Crippen LogP contribution in [0.1, 0.15) is 31.4 Å². The average Bonchev–Trinajstić information content (AvgIpc) is 2.84. The normalized spacial score (nSPS) is 11.1. The fourth-order valence-electron chi connectivity index (χ4n) is 3.16. The summed E-state index contributed by atoms with van der Waals surface area (Å²) < 4.78 is 5.39. The number of nitrogens with one attached hydrogen (secondary N) is 1. The van der Waals surface area contributed by atoms with Gasteiger partial charge in [0.05, 0.1) is 12.0 Å². The van der Waals surface area contributed by atoms with Crippen LogP contribution in [0.25, 0.3) is 10.8 Å². The summed E-state index contributed by atoms with van der Waals surface area (Å²) >= 11 is 0. The number of ether oxygens (including phenoxy) is 1. The van der Waals surface area contributed by atoms with Crippen LogP contribution in [0, 0.1) is 0 Å². The first kappa shape index (κ1) is 25.5. The van der Waals surface area contributed by atoms with E-state index in [2.05, 4.69) is 16.0 Å². The number of rotatable bonds is 8. The van der Waals surface area contributed by atoms with Crippen LogP contribution < -0.4 is 11.1 Å². The van der Waals surface area contributed by atoms with Gasteiger partial charge >= 0.3 is 5.97 Å². The highest BCUT2D eigenvalue weighted by Gasteiger charge is 2.09. The van der Waals surface area contributed by atoms with Crippen LogP contribution in [0.15, 0.2) is 84.7 Å². The van der Waals surface area contributed by atoms with Crippen LogP contribution >= 0.6 is 0 Å². The number of allylic oxidation sites excluding steroid dienone is 2. The summed E-state index contributed by atoms with van der Waals surface area (Å²) in [7, 11) is 1.50. The van der Waals surface area contributed by atoms with E-state index in [0.717, 1.165) is 34.0 Å². The summed E-state index contributed by atoms with van der Waals surface area (Å²) in [6.07, 6.45) is 9.96. The molecule has 3 rings (SSSR count). The molecule has 0 radical (unpaired) electrons. The Hall–Kier alpha value is -3.77. The number of carbonyl (C=O) groups is 2. The lowest BCUT2D eigenvalue weighted by Gasteiger charge is -2.08. The van der Waals surface area contributed by atoms with Crippen LogP contribution in [0.5, 0.6) is 0 Å². The van der Waals surface area contributed by atoms with Gasteiger partial charge in [0.15, 0.2) is 0 Å². The molecule has 0 unspecified atom stereocenters. The van der Waals surface area contributed by atoms with E-state index in [1.165, 1.54) is 7.05 Å². The maximum Gasteiger partial charge on any atom is 0.338 e. The molecule has 0 saturated heterocycles. The first-order valence-corrected chi connectivity index (χ1v) is 10.9. The number of esters is 1. The maximum atomic E-state index is 12.4. The number of hydrogen-bond donors (Lipinski definition) is 2. The van der Waals surface area contributed by atoms with Gasteiger partial charge in [0.2, 0.25) is 5.91 Å². The number of benzene rings is 2. The summed E-state index contributed by atoms with van der Waals surface area (Å²) in [5.41, 5.74) is 7.57. The monoisotopic (exact) mass is 445 g/mol. The molecule has 1 amide bonds. The van der Waals surface area contributed by atoms with Crippen molar-refractivity contribution in [2.24, 2.45) is 5.73 Å². The second-order valence-electron chi connectivity index (χ2n) is 7.12. The van der Waals surface area contributed by atoms with Crippen LogP contribution in [0.4, 0.5) is 5.69 Å². The Morgan fingerprint density at radius 3 is 2.45 bits per heavy atom. The van der Waals surface area contributed by atoms with Crippen molar-refractivity contribution in [1.29, 1.82) is 0 Å². The van der Waals surface area contributed by atoms with E-state index in [0.29, 0.717) is 5.57 Å². The van der Waals surface area contributed by atoms with Crippen molar-refractivity contribution in [3.8, 4) is 0 Å². The summed E-state index contributed by atoms with van der Waals surface area (Å²) in [6.45, 7) is 4.03. The molecule has 6 heteroatoms. The number of aromatic nitrogens is 1. The molecule has 1 aromatic heterocycles. The Balaban J connectivity index is 0.00000187. The maximum absolute atomic E-state index is 12.4. The third kappa shape index (κ3) is 8.01. The van der Waals surface area contributed by atoms with Gasteiger partial charge in [0.1, 0.15) is 6.61 Å². The zero-order valence-electron chi connectivity index (χ0n) is 19.4. The lowest BCUT2D eigenvalue weighted by Crippen LogP contribution is -2.14. The molecule has 2 aromatic carbocycles. The predicted molar refractivity (Wildman–Crippen MR) is 134 cm³/mol. The number of nitrogens with two attached hydrogens (primary N) is 1. The van der Waals surface area contributed by atoms with E-state index in [9.17, 15) is 9.59 Å². The van der Waals surface area contributed by atoms with Gasteiger partial charge in [-0.3, -0.25) is 9.78 Å². The van der Waals surface area contributed by atoms with Gasteiger partial charge in [-0.25, -0.2) is 4.79 Å². The molecule has 0 aliphatic heterocycles. The highest BCUT2D eigenvalue weighted by Crippen LogP contribution is 2.18. The van der Waals surface area contributed by atoms with Crippen molar-refractivity contribution < 1.29 is 14.3 Å². The van der Waals surface area contributed by atoms with Crippen molar-refractivity contribution in [2.45, 2.75) is 33.3 Å². The smallest absolute Gasteiger partial charge is 0.338 e. The molecule has 0 atom stereocenters. The molecule has 0 aliphatic rings. The van der Waals surface area contributed by atoms with E-state index < -0.39 is 0 Å². The number of amides is 1. The predicted octanol–water partition coefficient (Wildman–Crippen LogP) is 4.95. The number of carbonyl (C=O) groups excluding carboxylic acids is 2. The van der Waals surface area contributed by atoms with Gasteiger partial charge in [0.25, 0.3) is 0 Å². The Kier molecular flexibility index (Phi) is 10.5. The Labute approximate surface area is 195 Å². The molecule has 3 N–H and O–H groups in total. The lowest BCUT2D eigenvalue weighted by atomic mass is 10.1. The molecular formula is C27H31N3O3. The van der Waals surface area contributed by atoms with Gasteiger partial charge in [-0.15, -0.1) is 0 Å². The molecule has 33 heavy (non-hydrogen) atoms. The number of fused-ring (bicyclic) bond motifs is 1. The van der Waals surface area contributed by atoms with E-state index in [4.69, 9.17) is 4.74 Å². The third-order valence-electron chi connectivity index (χ3n) is 4.69. The molecule has 0 saturated carbocycles. The third-order valence-corrected chi connectivity index (χ3v) is 4.69. The fraction of sp³-hybridized carbons (Fsp3) is 0.222. The van der Waals surface area contributed by atoms with Gasteiger partial charge in [-0.05, 0) is 55.1 Å². The van der Waals surface area contributed by atoms with Gasteiger partial charge in [-0.2, -0.15) is 0 Å². The largest absolute Gasteiger partial charge is 0.457 e. The minimum absolute atomic E-state index is 0.0896. The average molecular weight is 446 g/mol. The molecule has 0 aliphatic carbocycles. The molecule has 1 heterocycles. The zero-order chi connectivity index (χ0) is 24.1. The molecule has 0 bridgehead atoms. The number of anilines is 1. The number of hydrogen-bond acceptors (Lipinski definition) is 5. The quantitative estimate of drug-likeness (QED) is 0.291. The highest BCUT2D eigenvalue weighted by atomic mass is 16.5. The van der Waals surface area contributed by atoms with Crippen LogP contribution in [0.2, 0.25) is 0 Å². The zero-order valence-corrected chi connectivity index (χ0v) is 19.4. The Bertz CT molecular complexity index is 1120. The molecule has 6 nitrogen and oxygen atoms in total. The molecular weight excluding hydrogens is 414 g/mol. The van der Waals surface area contributed by atoms with E-state index in [-0.39, 0.29) is 24.9 Å². The van der Waals surface area contributed by atoms with Gasteiger partial charge in [-0.1, -0.05) is 55.5 Å². The van der Waals surface area contributed by atoms with Gasteiger partial charge in [0, 0.05) is 23.5 Å². The number of nitrogens with zero attached hydrogens (tertiary/aromatic N) is 1. The molecule has 3 aromatic rings. The fourth-order valence-corrected chi connectivity index (χ4v) is 3.16. The summed E-state index contributed by atoms with van der Waals surface area (Å²) in [5.74, 6) is -0.428. The van der Waals surface area contributed by atoms with Crippen molar-refractivity contribution >= 4 is 28.3 Å². The van der Waals surface area contributed by atoms with Crippen molar-refractivity contribution in [3.05, 3.63) is 95.9 Å². The van der Waals surface area contributed by atoms with E-state index in [1.807, 2.05) is 74.5 Å². The standard InChI is InChI=1S/C26H26N2O3.CH5N/c1-3-5-21(6-4-2)26(30)31-18-20-9-7-19(8-10-20)15-25(29)28-24-12-11-23-17-27-14-13-22(23)16-24;1-2/h3,5-14,16-17H,4,15,18H2,1-2H3,(H,28,29);2H2,1H3/b5-3-,21-6+;. The summed E-state index contributed by atoms with van der Waals surface area (Å²) in [5, 5.41) is 4.99. The summed E-state index contributed by atoms with van der Waals surface area (Å²) in [6, 6.07) is 15.2. The van der Waals surface area contributed by atoms with Crippen LogP contribution in [-0.4, -0.2) is 23.9 Å². The van der Waals surface area contributed by atoms with E-state index in [1.54, 1.807) is 18.5 Å². The van der Waals surface area contributed by atoms with Crippen molar-refractivity contribution in [2.75, 3.05) is 12.4 Å². The summed E-state index contributed by atoms with van der Waals surface area (Å²) in [4.78, 5) is 28.7. The lowest BCUT2D eigenvalue weighted by molar-refractivity contribution is -0.139. The SMILES string of the molecule is C/C=C\C(=C/CC)C(=O)OCc1ccc(CC(=O)Nc2ccc3cnccc3c2)cc1.CN. The van der Waals surface area contributed by atoms with Crippen LogP contribution in [-0.2, 0) is 27.4 Å². The Morgan fingerprint density at radius 2 is 1.76 bits per heavy atom. The Morgan fingerprint density at radius 1 is 1.03 bits per heavy atom. The second kappa shape index (κ2) is 13.6. The molecule has 172 valence electrons. The number of pyridine rings is 1. The first-order chi connectivity index (χ1) is 16.1. The topological polar surface area (TPSA) is 94.3 Å². The minimum atomic E-state index is -0.338. The van der Waals surface area contributed by atoms with Crippen LogP contribution in [0.3, 0.4) is 0 Å². The molecule has 0 spiro atoms. The van der Waals surface area contributed by atoms with Crippen molar-refractivity contribution in [3.63, 3.8) is 0 Å². The first-order valence-electron chi connectivity index (χ1n) is 10.9. The van der Waals surface area contributed by atoms with Gasteiger partial charge < -0.3 is 15.8 Å². The molecule has 0 fully saturated rings. The van der Waals surface area contributed by atoms with E-state index >= 15 is 0 Å². The second-order valence-corrected chi connectivity index (χ2v) is 7.12. The van der Waals surface area contributed by atoms with Crippen molar-refractivity contribution in [1.82, 2.24) is 4.98 Å². The highest BCUT2D eigenvalue weighted by molar-refractivity contribution is 5.95. The minimum Gasteiger partial charge on any atom is -0.457 e.